The molecule has 5 rings (SSSR count). The van der Waals surface area contributed by atoms with Gasteiger partial charge >= 0.3 is 5.97 Å². The highest BCUT2D eigenvalue weighted by atomic mass is 16.6. The normalized spacial score (nSPS) is 34.0. The van der Waals surface area contributed by atoms with Crippen LogP contribution in [0.15, 0.2) is 42.5 Å². The number of esters is 1. The van der Waals surface area contributed by atoms with Crippen molar-refractivity contribution in [1.29, 1.82) is 0 Å². The Morgan fingerprint density at radius 2 is 1.67 bits per heavy atom. The van der Waals surface area contributed by atoms with Crippen LogP contribution in [0.2, 0.25) is 0 Å². The molecular weight excluding hydrogens is 342 g/mol. The Morgan fingerprint density at radius 3 is 2.30 bits per heavy atom. The van der Waals surface area contributed by atoms with Crippen molar-refractivity contribution in [3.05, 3.63) is 48.0 Å². The first kappa shape index (κ1) is 16.5. The Labute approximate surface area is 157 Å². The summed E-state index contributed by atoms with van der Waals surface area (Å²) < 4.78 is 6.13. The molecule has 2 aliphatic carbocycles. The van der Waals surface area contributed by atoms with E-state index in [1.54, 1.807) is 6.07 Å². The highest BCUT2D eigenvalue weighted by Crippen LogP contribution is 2.63. The van der Waals surface area contributed by atoms with E-state index < -0.39 is 5.60 Å². The molecule has 0 radical (unpaired) electrons. The van der Waals surface area contributed by atoms with E-state index in [9.17, 15) is 14.4 Å². The number of hydrogen-bond donors (Lipinski definition) is 1. The fraction of sp³-hybridized carbons (Fsp3) is 0.409. The van der Waals surface area contributed by atoms with Crippen LogP contribution in [0.1, 0.15) is 36.5 Å². The molecule has 2 aromatic carbocycles. The van der Waals surface area contributed by atoms with Crippen molar-refractivity contribution in [2.75, 3.05) is 0 Å². The number of carbonyl (C=O) groups is 3. The van der Waals surface area contributed by atoms with E-state index in [1.807, 2.05) is 43.3 Å². The lowest BCUT2D eigenvalue weighted by molar-refractivity contribution is -0.130. The molecule has 1 unspecified atom stereocenters. The molecule has 5 atom stereocenters. The van der Waals surface area contributed by atoms with Crippen LogP contribution >= 0.6 is 0 Å². The zero-order chi connectivity index (χ0) is 18.8. The van der Waals surface area contributed by atoms with Crippen molar-refractivity contribution in [3.8, 4) is 0 Å². The number of rotatable bonds is 3. The predicted molar refractivity (Wildman–Crippen MR) is 98.7 cm³/mol. The Kier molecular flexibility index (Phi) is 3.45. The molecule has 5 heteroatoms. The zero-order valence-electron chi connectivity index (χ0n) is 15.1. The molecule has 2 amide bonds. The van der Waals surface area contributed by atoms with Crippen molar-refractivity contribution < 1.29 is 19.1 Å². The number of ether oxygens (including phenoxy) is 1. The van der Waals surface area contributed by atoms with Crippen LogP contribution in [0.5, 0.6) is 0 Å². The molecular formula is C22H21NO4. The van der Waals surface area contributed by atoms with Gasteiger partial charge in [0.05, 0.1) is 17.4 Å². The second-order valence-electron chi connectivity index (χ2n) is 7.96. The Hall–Kier alpha value is -2.69. The minimum Gasteiger partial charge on any atom is -0.455 e. The van der Waals surface area contributed by atoms with Gasteiger partial charge in [-0.3, -0.25) is 14.9 Å². The summed E-state index contributed by atoms with van der Waals surface area (Å²) in [4.78, 5) is 37.6. The molecule has 1 N–H and O–H groups in total. The molecule has 0 spiro atoms. The molecule has 2 saturated carbocycles. The van der Waals surface area contributed by atoms with Gasteiger partial charge in [0.1, 0.15) is 5.60 Å². The third-order valence-electron chi connectivity index (χ3n) is 6.97. The van der Waals surface area contributed by atoms with Crippen LogP contribution in [-0.4, -0.2) is 23.4 Å². The maximum Gasteiger partial charge on any atom is 0.338 e. The number of benzene rings is 2. The highest BCUT2D eigenvalue weighted by Gasteiger charge is 2.71. The average molecular weight is 363 g/mol. The molecule has 3 aliphatic rings. The van der Waals surface area contributed by atoms with Crippen molar-refractivity contribution in [2.45, 2.75) is 31.8 Å². The molecule has 1 aliphatic heterocycles. The van der Waals surface area contributed by atoms with Gasteiger partial charge in [0, 0.05) is 11.8 Å². The van der Waals surface area contributed by atoms with Gasteiger partial charge in [0.25, 0.3) is 0 Å². The molecule has 2 bridgehead atoms. The standard InChI is InChI=1S/C22H21NO4/c1-2-22(15-9-10-16(22)18-17(15)19(24)23-20(18)25)27-21(26)14-8-7-12-5-3-4-6-13(12)11-14/h3-8,11,15-18H,2,9-10H2,1H3,(H,23,24,25)/t15-,16+,17-,18+,22?. The van der Waals surface area contributed by atoms with Gasteiger partial charge in [-0.1, -0.05) is 37.3 Å². The lowest BCUT2D eigenvalue weighted by Gasteiger charge is -2.34. The number of carbonyl (C=O) groups excluding carboxylic acids is 3. The third kappa shape index (κ3) is 2.14. The predicted octanol–water partition coefficient (Wildman–Crippen LogP) is 3.07. The van der Waals surface area contributed by atoms with Gasteiger partial charge in [-0.2, -0.15) is 0 Å². The minimum atomic E-state index is -0.717. The maximum absolute atomic E-state index is 13.0. The van der Waals surface area contributed by atoms with Gasteiger partial charge in [0.15, 0.2) is 0 Å². The lowest BCUT2D eigenvalue weighted by Crippen LogP contribution is -2.44. The second-order valence-corrected chi connectivity index (χ2v) is 7.96. The molecule has 2 aromatic rings. The van der Waals surface area contributed by atoms with Crippen LogP contribution < -0.4 is 5.32 Å². The maximum atomic E-state index is 13.0. The zero-order valence-corrected chi connectivity index (χ0v) is 15.1. The van der Waals surface area contributed by atoms with Crippen molar-refractivity contribution in [3.63, 3.8) is 0 Å². The van der Waals surface area contributed by atoms with Gasteiger partial charge in [0.2, 0.25) is 11.8 Å². The Bertz CT molecular complexity index is 953. The summed E-state index contributed by atoms with van der Waals surface area (Å²) in [6.45, 7) is 1.99. The van der Waals surface area contributed by atoms with Gasteiger partial charge in [-0.25, -0.2) is 4.79 Å². The monoisotopic (exact) mass is 363 g/mol. The van der Waals surface area contributed by atoms with Crippen molar-refractivity contribution in [2.24, 2.45) is 23.7 Å². The second kappa shape index (κ2) is 5.65. The number of amides is 2. The third-order valence-corrected chi connectivity index (χ3v) is 6.97. The van der Waals surface area contributed by atoms with Crippen LogP contribution in [0.4, 0.5) is 0 Å². The first-order valence-corrected chi connectivity index (χ1v) is 9.62. The minimum absolute atomic E-state index is 0.0756. The fourth-order valence-corrected chi connectivity index (χ4v) is 5.87. The van der Waals surface area contributed by atoms with Gasteiger partial charge < -0.3 is 4.74 Å². The van der Waals surface area contributed by atoms with Crippen molar-refractivity contribution >= 4 is 28.6 Å². The first-order valence-electron chi connectivity index (χ1n) is 9.62. The Morgan fingerprint density at radius 1 is 1.04 bits per heavy atom. The molecule has 1 saturated heterocycles. The van der Waals surface area contributed by atoms with E-state index in [2.05, 4.69) is 5.32 Å². The number of imide groups is 1. The number of hydrogen-bond acceptors (Lipinski definition) is 4. The molecule has 3 fully saturated rings. The summed E-state index contributed by atoms with van der Waals surface area (Å²) in [6, 6.07) is 13.4. The van der Waals surface area contributed by atoms with E-state index in [0.29, 0.717) is 12.0 Å². The molecule has 5 nitrogen and oxygen atoms in total. The summed E-state index contributed by atoms with van der Waals surface area (Å²) in [5, 5.41) is 4.52. The smallest absolute Gasteiger partial charge is 0.338 e. The van der Waals surface area contributed by atoms with E-state index in [1.165, 1.54) is 0 Å². The van der Waals surface area contributed by atoms with Crippen LogP contribution in [-0.2, 0) is 14.3 Å². The number of nitrogens with one attached hydrogen (secondary N) is 1. The van der Waals surface area contributed by atoms with E-state index in [0.717, 1.165) is 23.6 Å². The average Bonchev–Trinajstić information content (AvgIpc) is 3.28. The SMILES string of the molecule is CCC1(OC(=O)c2ccc3ccccc3c2)[C@@H]2CC[C@H]1[C@@H]1C(=O)NC(=O)[C@@H]12. The summed E-state index contributed by atoms with van der Waals surface area (Å²) >= 11 is 0. The van der Waals surface area contributed by atoms with E-state index >= 15 is 0 Å². The van der Waals surface area contributed by atoms with Crippen LogP contribution in [0.3, 0.4) is 0 Å². The van der Waals surface area contributed by atoms with Gasteiger partial charge in [-0.05, 0) is 42.2 Å². The van der Waals surface area contributed by atoms with Crippen LogP contribution in [0.25, 0.3) is 10.8 Å². The van der Waals surface area contributed by atoms with Crippen molar-refractivity contribution in [1.82, 2.24) is 5.32 Å². The molecule has 0 aromatic heterocycles. The largest absolute Gasteiger partial charge is 0.455 e. The molecule has 138 valence electrons. The number of fused-ring (bicyclic) bond motifs is 6. The fourth-order valence-electron chi connectivity index (χ4n) is 5.87. The summed E-state index contributed by atoms with van der Waals surface area (Å²) in [5.74, 6) is -1.61. The Balaban J connectivity index is 1.49. The van der Waals surface area contributed by atoms with E-state index in [-0.39, 0.29) is 41.5 Å². The lowest BCUT2D eigenvalue weighted by atomic mass is 9.81. The summed E-state index contributed by atoms with van der Waals surface area (Å²) in [7, 11) is 0. The highest BCUT2D eigenvalue weighted by molar-refractivity contribution is 6.06. The molecule has 27 heavy (non-hydrogen) atoms. The first-order chi connectivity index (χ1) is 13.0. The quantitative estimate of drug-likeness (QED) is 0.672. The summed E-state index contributed by atoms with van der Waals surface area (Å²) in [6.07, 6.45) is 2.27. The summed E-state index contributed by atoms with van der Waals surface area (Å²) in [5.41, 5.74) is -0.209. The van der Waals surface area contributed by atoms with Crippen LogP contribution in [0, 0.1) is 23.7 Å². The van der Waals surface area contributed by atoms with E-state index in [4.69, 9.17) is 4.74 Å². The molecule has 1 heterocycles. The topological polar surface area (TPSA) is 72.5 Å². The van der Waals surface area contributed by atoms with Gasteiger partial charge in [-0.15, -0.1) is 0 Å².